The van der Waals surface area contributed by atoms with Gasteiger partial charge in [-0.1, -0.05) is 0 Å². The normalized spacial score (nSPS) is 14.0. The van der Waals surface area contributed by atoms with Crippen molar-refractivity contribution in [3.63, 3.8) is 0 Å². The molecule has 2 aromatic carbocycles. The summed E-state index contributed by atoms with van der Waals surface area (Å²) in [6.07, 6.45) is 1.88. The first kappa shape index (κ1) is 16.6. The topological polar surface area (TPSA) is 64.6 Å². The second-order valence-corrected chi connectivity index (χ2v) is 7.70. The first-order chi connectivity index (χ1) is 11.4. The third-order valence-electron chi connectivity index (χ3n) is 3.67. The van der Waals surface area contributed by atoms with Gasteiger partial charge in [0.25, 0.3) is 10.0 Å². The van der Waals surface area contributed by atoms with E-state index in [0.29, 0.717) is 18.0 Å². The van der Waals surface area contributed by atoms with E-state index in [-0.39, 0.29) is 11.0 Å². The van der Waals surface area contributed by atoms with Crippen molar-refractivity contribution < 1.29 is 17.9 Å². The molecular formula is C18H21NO4S. The van der Waals surface area contributed by atoms with Gasteiger partial charge in [-0.05, 0) is 74.7 Å². The summed E-state index contributed by atoms with van der Waals surface area (Å²) in [5, 5.41) is 0. The van der Waals surface area contributed by atoms with Crippen LogP contribution in [0.1, 0.15) is 25.8 Å². The van der Waals surface area contributed by atoms with Crippen molar-refractivity contribution in [2.24, 2.45) is 0 Å². The van der Waals surface area contributed by atoms with Crippen molar-refractivity contribution in [2.75, 3.05) is 11.3 Å². The number of ether oxygens (including phenoxy) is 2. The predicted molar refractivity (Wildman–Crippen MR) is 93.3 cm³/mol. The molecule has 0 bridgehead atoms. The van der Waals surface area contributed by atoms with E-state index in [1.54, 1.807) is 30.3 Å². The zero-order chi connectivity index (χ0) is 17.2. The van der Waals surface area contributed by atoms with Crippen LogP contribution in [0.15, 0.2) is 47.4 Å². The van der Waals surface area contributed by atoms with Crippen LogP contribution in [-0.2, 0) is 16.4 Å². The monoisotopic (exact) mass is 347 g/mol. The lowest BCUT2D eigenvalue weighted by molar-refractivity contribution is 0.242. The minimum atomic E-state index is -3.63. The van der Waals surface area contributed by atoms with E-state index < -0.39 is 10.0 Å². The molecule has 1 aliphatic heterocycles. The summed E-state index contributed by atoms with van der Waals surface area (Å²) >= 11 is 0. The summed E-state index contributed by atoms with van der Waals surface area (Å²) in [6.45, 7) is 4.56. The Morgan fingerprint density at radius 1 is 1.12 bits per heavy atom. The molecule has 1 aliphatic rings. The van der Waals surface area contributed by atoms with Gasteiger partial charge in [-0.2, -0.15) is 0 Å². The fraction of sp³-hybridized carbons (Fsp3) is 0.333. The number of nitrogens with one attached hydrogen (secondary N) is 1. The molecule has 1 heterocycles. The van der Waals surface area contributed by atoms with Crippen molar-refractivity contribution in [1.29, 1.82) is 0 Å². The lowest BCUT2D eigenvalue weighted by Gasteiger charge is -2.18. The van der Waals surface area contributed by atoms with Crippen molar-refractivity contribution in [3.8, 4) is 11.5 Å². The molecule has 0 radical (unpaired) electrons. The second-order valence-electron chi connectivity index (χ2n) is 6.02. The minimum Gasteiger partial charge on any atom is -0.493 e. The van der Waals surface area contributed by atoms with Crippen LogP contribution < -0.4 is 14.2 Å². The summed E-state index contributed by atoms with van der Waals surface area (Å²) in [5.74, 6) is 1.48. The van der Waals surface area contributed by atoms with Gasteiger partial charge >= 0.3 is 0 Å². The molecule has 0 aromatic heterocycles. The SMILES string of the molecule is CC(C)Oc1ccc(S(=O)(=O)Nc2ccc3c(c2)CCCO3)cc1. The average molecular weight is 347 g/mol. The molecule has 1 N–H and O–H groups in total. The molecule has 0 unspecified atom stereocenters. The van der Waals surface area contributed by atoms with E-state index in [2.05, 4.69) is 4.72 Å². The summed E-state index contributed by atoms with van der Waals surface area (Å²) in [6, 6.07) is 11.8. The van der Waals surface area contributed by atoms with Gasteiger partial charge < -0.3 is 9.47 Å². The van der Waals surface area contributed by atoms with Crippen LogP contribution in [0.4, 0.5) is 5.69 Å². The van der Waals surface area contributed by atoms with Gasteiger partial charge in [0, 0.05) is 5.69 Å². The average Bonchev–Trinajstić information content (AvgIpc) is 2.54. The molecule has 0 aliphatic carbocycles. The molecule has 0 amide bonds. The number of fused-ring (bicyclic) bond motifs is 1. The molecule has 128 valence electrons. The smallest absolute Gasteiger partial charge is 0.261 e. The Morgan fingerprint density at radius 2 is 1.88 bits per heavy atom. The number of aryl methyl sites for hydroxylation is 1. The quantitative estimate of drug-likeness (QED) is 0.897. The maximum absolute atomic E-state index is 12.5. The Balaban J connectivity index is 1.78. The van der Waals surface area contributed by atoms with Crippen LogP contribution in [0.5, 0.6) is 11.5 Å². The number of benzene rings is 2. The van der Waals surface area contributed by atoms with Gasteiger partial charge in [-0.15, -0.1) is 0 Å². The molecular weight excluding hydrogens is 326 g/mol. The molecule has 0 atom stereocenters. The van der Waals surface area contributed by atoms with Crippen LogP contribution >= 0.6 is 0 Å². The van der Waals surface area contributed by atoms with Crippen LogP contribution in [0.2, 0.25) is 0 Å². The number of hydrogen-bond acceptors (Lipinski definition) is 4. The van der Waals surface area contributed by atoms with Crippen LogP contribution in [-0.4, -0.2) is 21.1 Å². The Bertz CT molecular complexity index is 813. The molecule has 0 spiro atoms. The highest BCUT2D eigenvalue weighted by Crippen LogP contribution is 2.28. The van der Waals surface area contributed by atoms with E-state index in [1.165, 1.54) is 0 Å². The van der Waals surface area contributed by atoms with Gasteiger partial charge in [0.15, 0.2) is 0 Å². The lowest BCUT2D eigenvalue weighted by Crippen LogP contribution is -2.14. The van der Waals surface area contributed by atoms with Crippen LogP contribution in [0.25, 0.3) is 0 Å². The molecule has 0 saturated heterocycles. The highest BCUT2D eigenvalue weighted by Gasteiger charge is 2.16. The minimum absolute atomic E-state index is 0.0447. The van der Waals surface area contributed by atoms with Gasteiger partial charge in [-0.25, -0.2) is 8.42 Å². The number of sulfonamides is 1. The summed E-state index contributed by atoms with van der Waals surface area (Å²) in [4.78, 5) is 0.201. The van der Waals surface area contributed by atoms with E-state index >= 15 is 0 Å². The number of rotatable bonds is 5. The zero-order valence-corrected chi connectivity index (χ0v) is 14.6. The predicted octanol–water partition coefficient (Wildman–Crippen LogP) is 3.60. The van der Waals surface area contributed by atoms with Crippen LogP contribution in [0, 0.1) is 0 Å². The molecule has 5 nitrogen and oxygen atoms in total. The van der Waals surface area contributed by atoms with Gasteiger partial charge in [-0.3, -0.25) is 4.72 Å². The Kier molecular flexibility index (Phi) is 4.66. The number of anilines is 1. The fourth-order valence-electron chi connectivity index (χ4n) is 2.61. The van der Waals surface area contributed by atoms with Crippen molar-refractivity contribution in [2.45, 2.75) is 37.7 Å². The molecule has 0 fully saturated rings. The third-order valence-corrected chi connectivity index (χ3v) is 5.06. The fourth-order valence-corrected chi connectivity index (χ4v) is 3.66. The van der Waals surface area contributed by atoms with E-state index in [4.69, 9.17) is 9.47 Å². The van der Waals surface area contributed by atoms with Crippen LogP contribution in [0.3, 0.4) is 0 Å². The highest BCUT2D eigenvalue weighted by molar-refractivity contribution is 7.92. The highest BCUT2D eigenvalue weighted by atomic mass is 32.2. The van der Waals surface area contributed by atoms with Gasteiger partial charge in [0.05, 0.1) is 17.6 Å². The zero-order valence-electron chi connectivity index (χ0n) is 13.8. The molecule has 2 aromatic rings. The second kappa shape index (κ2) is 6.73. The maximum atomic E-state index is 12.5. The van der Waals surface area contributed by atoms with E-state index in [1.807, 2.05) is 26.0 Å². The van der Waals surface area contributed by atoms with E-state index in [0.717, 1.165) is 24.2 Å². The standard InChI is InChI=1S/C18H21NO4S/c1-13(2)23-16-6-8-17(9-7-16)24(20,21)19-15-5-10-18-14(12-15)4-3-11-22-18/h5-10,12-13,19H,3-4,11H2,1-2H3. The lowest BCUT2D eigenvalue weighted by atomic mass is 10.1. The maximum Gasteiger partial charge on any atom is 0.261 e. The Morgan fingerprint density at radius 3 is 2.58 bits per heavy atom. The molecule has 3 rings (SSSR count). The molecule has 0 saturated carbocycles. The van der Waals surface area contributed by atoms with Crippen molar-refractivity contribution in [3.05, 3.63) is 48.0 Å². The first-order valence-corrected chi connectivity index (χ1v) is 9.48. The molecule has 6 heteroatoms. The summed E-state index contributed by atoms with van der Waals surface area (Å²) in [7, 11) is -3.63. The first-order valence-electron chi connectivity index (χ1n) is 7.99. The Labute approximate surface area is 142 Å². The number of hydrogen-bond donors (Lipinski definition) is 1. The Hall–Kier alpha value is -2.21. The largest absolute Gasteiger partial charge is 0.493 e. The third kappa shape index (κ3) is 3.82. The summed E-state index contributed by atoms with van der Waals surface area (Å²) < 4.78 is 38.7. The summed E-state index contributed by atoms with van der Waals surface area (Å²) in [5.41, 5.74) is 1.57. The molecule has 24 heavy (non-hydrogen) atoms. The van der Waals surface area contributed by atoms with E-state index in [9.17, 15) is 8.42 Å². The van der Waals surface area contributed by atoms with Gasteiger partial charge in [0.2, 0.25) is 0 Å². The van der Waals surface area contributed by atoms with Gasteiger partial charge in [0.1, 0.15) is 11.5 Å². The van der Waals surface area contributed by atoms with Crippen molar-refractivity contribution >= 4 is 15.7 Å². The van der Waals surface area contributed by atoms with Crippen molar-refractivity contribution in [1.82, 2.24) is 0 Å².